The third kappa shape index (κ3) is 3.76. The maximum Gasteiger partial charge on any atom is 0.271 e. The average Bonchev–Trinajstić information content (AvgIpc) is 2.41. The number of hydrazone groups is 1. The van der Waals surface area contributed by atoms with Gasteiger partial charge in [0.25, 0.3) is 5.91 Å². The van der Waals surface area contributed by atoms with Crippen molar-refractivity contribution in [1.82, 2.24) is 5.43 Å². The number of hydrogen-bond acceptors (Lipinski definition) is 2. The number of benzene rings is 2. The molecule has 0 atom stereocenters. The smallest absolute Gasteiger partial charge is 0.267 e. The molecule has 0 heterocycles. The van der Waals surface area contributed by atoms with Gasteiger partial charge < -0.3 is 0 Å². The molecule has 2 aromatic carbocycles. The maximum absolute atomic E-state index is 11.9. The summed E-state index contributed by atoms with van der Waals surface area (Å²) in [5.41, 5.74) is 5.01. The van der Waals surface area contributed by atoms with E-state index >= 15 is 0 Å². The van der Waals surface area contributed by atoms with Crippen molar-refractivity contribution in [2.45, 2.75) is 6.92 Å². The molecule has 0 unspecified atom stereocenters. The first kappa shape index (κ1) is 13.5. The topological polar surface area (TPSA) is 41.5 Å². The highest BCUT2D eigenvalue weighted by Gasteiger charge is 2.05. The summed E-state index contributed by atoms with van der Waals surface area (Å²) in [7, 11) is 0. The molecule has 19 heavy (non-hydrogen) atoms. The Morgan fingerprint density at radius 2 is 1.84 bits per heavy atom. The molecule has 0 aliphatic carbocycles. The molecule has 1 N–H and O–H groups in total. The predicted octanol–water partition coefficient (Wildman–Crippen LogP) is 3.52. The lowest BCUT2D eigenvalue weighted by molar-refractivity contribution is 0.0954. The van der Waals surface area contributed by atoms with E-state index in [0.29, 0.717) is 5.56 Å². The van der Waals surface area contributed by atoms with Crippen LogP contribution in [-0.4, -0.2) is 12.1 Å². The van der Waals surface area contributed by atoms with Crippen molar-refractivity contribution < 1.29 is 4.79 Å². The van der Waals surface area contributed by atoms with Gasteiger partial charge in [-0.3, -0.25) is 4.79 Å². The summed E-state index contributed by atoms with van der Waals surface area (Å²) in [5.74, 6) is -0.202. The van der Waals surface area contributed by atoms with E-state index < -0.39 is 0 Å². The van der Waals surface area contributed by atoms with Crippen LogP contribution in [0.15, 0.2) is 58.1 Å². The summed E-state index contributed by atoms with van der Waals surface area (Å²) >= 11 is 3.36. The van der Waals surface area contributed by atoms with Crippen LogP contribution in [0, 0.1) is 6.92 Å². The molecule has 0 saturated heterocycles. The Morgan fingerprint density at radius 3 is 2.53 bits per heavy atom. The normalized spacial score (nSPS) is 10.6. The molecule has 0 aromatic heterocycles. The minimum absolute atomic E-state index is 0.202. The van der Waals surface area contributed by atoms with Gasteiger partial charge in [-0.1, -0.05) is 46.3 Å². The van der Waals surface area contributed by atoms with Gasteiger partial charge >= 0.3 is 0 Å². The molecular formula is C15H13BrN2O. The van der Waals surface area contributed by atoms with Crippen molar-refractivity contribution in [1.29, 1.82) is 0 Å². The summed E-state index contributed by atoms with van der Waals surface area (Å²) < 4.78 is 1.01. The number of rotatable bonds is 3. The number of carbonyl (C=O) groups is 1. The second kappa shape index (κ2) is 6.29. The molecule has 0 radical (unpaired) electrons. The number of aryl methyl sites for hydroxylation is 1. The Morgan fingerprint density at radius 1 is 1.16 bits per heavy atom. The lowest BCUT2D eigenvalue weighted by Crippen LogP contribution is -2.18. The molecule has 0 bridgehead atoms. The van der Waals surface area contributed by atoms with Gasteiger partial charge in [0.15, 0.2) is 0 Å². The van der Waals surface area contributed by atoms with Gasteiger partial charge in [0.05, 0.1) is 6.21 Å². The van der Waals surface area contributed by atoms with E-state index in [1.54, 1.807) is 12.3 Å². The molecule has 3 nitrogen and oxygen atoms in total. The number of nitrogens with one attached hydrogen (secondary N) is 1. The van der Waals surface area contributed by atoms with Gasteiger partial charge in [-0.2, -0.15) is 5.10 Å². The van der Waals surface area contributed by atoms with E-state index in [1.165, 1.54) is 0 Å². The molecular weight excluding hydrogens is 304 g/mol. The molecule has 0 fully saturated rings. The number of halogens is 1. The van der Waals surface area contributed by atoms with Crippen LogP contribution in [0.3, 0.4) is 0 Å². The van der Waals surface area contributed by atoms with Gasteiger partial charge in [0.1, 0.15) is 0 Å². The molecule has 2 rings (SSSR count). The van der Waals surface area contributed by atoms with E-state index in [-0.39, 0.29) is 5.91 Å². The van der Waals surface area contributed by atoms with Gasteiger partial charge in [-0.15, -0.1) is 0 Å². The van der Waals surface area contributed by atoms with Crippen LogP contribution in [0.25, 0.3) is 0 Å². The Balaban J connectivity index is 2.01. The van der Waals surface area contributed by atoms with E-state index in [1.807, 2.05) is 49.4 Å². The number of hydrogen-bond donors (Lipinski definition) is 1. The van der Waals surface area contributed by atoms with Gasteiger partial charge in [0.2, 0.25) is 0 Å². The summed E-state index contributed by atoms with van der Waals surface area (Å²) in [6.07, 6.45) is 1.61. The molecule has 2 aromatic rings. The van der Waals surface area contributed by atoms with Crippen molar-refractivity contribution in [2.24, 2.45) is 5.10 Å². The zero-order chi connectivity index (χ0) is 13.7. The Bertz CT molecular complexity index is 606. The van der Waals surface area contributed by atoms with Crippen LogP contribution in [0.1, 0.15) is 21.5 Å². The average molecular weight is 317 g/mol. The zero-order valence-electron chi connectivity index (χ0n) is 10.4. The standard InChI is InChI=1S/C15H13BrN2O/c1-11-4-2-3-5-14(11)15(19)18-17-10-12-6-8-13(16)9-7-12/h2-10H,1H3,(H,18,19)/b17-10+. The van der Waals surface area contributed by atoms with Gasteiger partial charge in [-0.25, -0.2) is 5.43 Å². The number of amides is 1. The zero-order valence-corrected chi connectivity index (χ0v) is 12.0. The highest BCUT2D eigenvalue weighted by Crippen LogP contribution is 2.09. The minimum Gasteiger partial charge on any atom is -0.267 e. The molecule has 4 heteroatoms. The second-order valence-corrected chi connectivity index (χ2v) is 4.98. The molecule has 0 saturated carbocycles. The van der Waals surface area contributed by atoms with Crippen molar-refractivity contribution in [2.75, 3.05) is 0 Å². The fourth-order valence-electron chi connectivity index (χ4n) is 1.60. The first-order valence-corrected chi connectivity index (χ1v) is 6.61. The molecule has 0 aliphatic heterocycles. The minimum atomic E-state index is -0.202. The van der Waals surface area contributed by atoms with E-state index in [9.17, 15) is 4.79 Å². The van der Waals surface area contributed by atoms with Crippen LogP contribution in [0.2, 0.25) is 0 Å². The SMILES string of the molecule is Cc1ccccc1C(=O)N/N=C/c1ccc(Br)cc1. The fraction of sp³-hybridized carbons (Fsp3) is 0.0667. The van der Waals surface area contributed by atoms with Crippen LogP contribution >= 0.6 is 15.9 Å². The maximum atomic E-state index is 11.9. The lowest BCUT2D eigenvalue weighted by Gasteiger charge is -2.02. The van der Waals surface area contributed by atoms with Crippen LogP contribution in [-0.2, 0) is 0 Å². The summed E-state index contributed by atoms with van der Waals surface area (Å²) in [6.45, 7) is 1.90. The summed E-state index contributed by atoms with van der Waals surface area (Å²) in [6, 6.07) is 15.1. The quantitative estimate of drug-likeness (QED) is 0.683. The number of nitrogens with zero attached hydrogens (tertiary/aromatic N) is 1. The third-order valence-electron chi connectivity index (χ3n) is 2.64. The molecule has 1 amide bonds. The molecule has 96 valence electrons. The molecule has 0 spiro atoms. The first-order chi connectivity index (χ1) is 9.16. The number of carbonyl (C=O) groups excluding carboxylic acids is 1. The lowest BCUT2D eigenvalue weighted by atomic mass is 10.1. The van der Waals surface area contributed by atoms with E-state index in [4.69, 9.17) is 0 Å². The summed E-state index contributed by atoms with van der Waals surface area (Å²) in [4.78, 5) is 11.9. The highest BCUT2D eigenvalue weighted by atomic mass is 79.9. The van der Waals surface area contributed by atoms with E-state index in [2.05, 4.69) is 26.5 Å². The Labute approximate surface area is 120 Å². The highest BCUT2D eigenvalue weighted by molar-refractivity contribution is 9.10. The van der Waals surface area contributed by atoms with Crippen molar-refractivity contribution in [3.05, 3.63) is 69.7 Å². The van der Waals surface area contributed by atoms with Crippen LogP contribution < -0.4 is 5.43 Å². The third-order valence-corrected chi connectivity index (χ3v) is 3.17. The van der Waals surface area contributed by atoms with Crippen LogP contribution in [0.4, 0.5) is 0 Å². The first-order valence-electron chi connectivity index (χ1n) is 5.81. The van der Waals surface area contributed by atoms with Crippen LogP contribution in [0.5, 0.6) is 0 Å². The van der Waals surface area contributed by atoms with Crippen molar-refractivity contribution in [3.63, 3.8) is 0 Å². The fourth-order valence-corrected chi connectivity index (χ4v) is 1.87. The summed E-state index contributed by atoms with van der Waals surface area (Å²) in [5, 5.41) is 3.95. The second-order valence-electron chi connectivity index (χ2n) is 4.07. The van der Waals surface area contributed by atoms with Gasteiger partial charge in [0, 0.05) is 10.0 Å². The van der Waals surface area contributed by atoms with Crippen molar-refractivity contribution in [3.8, 4) is 0 Å². The van der Waals surface area contributed by atoms with Gasteiger partial charge in [-0.05, 0) is 36.2 Å². The Kier molecular flexibility index (Phi) is 4.47. The Hall–Kier alpha value is -1.94. The molecule has 0 aliphatic rings. The van der Waals surface area contributed by atoms with E-state index in [0.717, 1.165) is 15.6 Å². The monoisotopic (exact) mass is 316 g/mol. The predicted molar refractivity (Wildman–Crippen MR) is 80.4 cm³/mol. The largest absolute Gasteiger partial charge is 0.271 e. The van der Waals surface area contributed by atoms with Crippen molar-refractivity contribution >= 4 is 28.1 Å².